The predicted octanol–water partition coefficient (Wildman–Crippen LogP) is 4.11. The Hall–Kier alpha value is -1.38. The normalized spacial score (nSPS) is 19.2. The number of nitrogens with zero attached hydrogens (tertiary/aromatic N) is 6. The van der Waals surface area contributed by atoms with Gasteiger partial charge in [0.15, 0.2) is 5.16 Å². The number of nitrogens with one attached hydrogen (secondary N) is 1. The van der Waals surface area contributed by atoms with Crippen molar-refractivity contribution in [3.8, 4) is 0 Å². The standard InChI is InChI=1S/C23H37N7S.ClH/c1-6-17-14-19(26-21(25-17)23(2,3)4)30-12-11-24-15-18(30)8-7-13-31-22-28-27-20(29(22)5)16-9-10-16;/h14,16,18,24H,6-13,15H2,1-5H3;1H. The van der Waals surface area contributed by atoms with Gasteiger partial charge < -0.3 is 14.8 Å². The maximum absolute atomic E-state index is 5.00. The van der Waals surface area contributed by atoms with Crippen LogP contribution >= 0.6 is 24.2 Å². The van der Waals surface area contributed by atoms with Gasteiger partial charge in [-0.25, -0.2) is 9.97 Å². The van der Waals surface area contributed by atoms with E-state index in [-0.39, 0.29) is 17.8 Å². The monoisotopic (exact) mass is 479 g/mol. The lowest BCUT2D eigenvalue weighted by Gasteiger charge is -2.38. The average molecular weight is 480 g/mol. The molecule has 1 unspecified atom stereocenters. The molecule has 1 atom stereocenters. The molecule has 4 rings (SSSR count). The third-order valence-corrected chi connectivity index (χ3v) is 7.27. The van der Waals surface area contributed by atoms with Gasteiger partial charge in [0.2, 0.25) is 0 Å². The fraction of sp³-hybridized carbons (Fsp3) is 0.739. The molecule has 7 nitrogen and oxygen atoms in total. The highest BCUT2D eigenvalue weighted by Gasteiger charge is 2.29. The Balaban J connectivity index is 0.00000289. The van der Waals surface area contributed by atoms with E-state index in [1.165, 1.54) is 12.8 Å². The molecule has 3 heterocycles. The highest BCUT2D eigenvalue weighted by molar-refractivity contribution is 7.99. The zero-order valence-electron chi connectivity index (χ0n) is 20.1. The van der Waals surface area contributed by atoms with Crippen LogP contribution in [-0.4, -0.2) is 56.2 Å². The number of hydrogen-bond acceptors (Lipinski definition) is 7. The maximum atomic E-state index is 5.00. The third kappa shape index (κ3) is 5.94. The Morgan fingerprint density at radius 2 is 1.97 bits per heavy atom. The summed E-state index contributed by atoms with van der Waals surface area (Å²) in [6, 6.07) is 2.66. The summed E-state index contributed by atoms with van der Waals surface area (Å²) in [4.78, 5) is 12.3. The van der Waals surface area contributed by atoms with Crippen molar-refractivity contribution in [3.63, 3.8) is 0 Å². The lowest BCUT2D eigenvalue weighted by molar-refractivity contribution is 0.445. The molecule has 1 saturated heterocycles. The van der Waals surface area contributed by atoms with Crippen molar-refractivity contribution in [1.82, 2.24) is 30.0 Å². The van der Waals surface area contributed by atoms with Crippen molar-refractivity contribution in [1.29, 1.82) is 0 Å². The van der Waals surface area contributed by atoms with E-state index < -0.39 is 0 Å². The topological polar surface area (TPSA) is 71.8 Å². The van der Waals surface area contributed by atoms with Gasteiger partial charge in [-0.3, -0.25) is 0 Å². The summed E-state index contributed by atoms with van der Waals surface area (Å²) in [7, 11) is 2.11. The number of anilines is 1. The van der Waals surface area contributed by atoms with Crippen molar-refractivity contribution in [2.45, 2.75) is 82.3 Å². The number of halogens is 1. The Morgan fingerprint density at radius 3 is 2.66 bits per heavy atom. The molecular weight excluding hydrogens is 442 g/mol. The fourth-order valence-corrected chi connectivity index (χ4v) is 4.98. The fourth-order valence-electron chi connectivity index (χ4n) is 4.10. The van der Waals surface area contributed by atoms with Gasteiger partial charge in [0.1, 0.15) is 17.5 Å². The van der Waals surface area contributed by atoms with Crippen molar-refractivity contribution >= 4 is 30.0 Å². The Bertz CT molecular complexity index is 891. The zero-order chi connectivity index (χ0) is 22.0. The van der Waals surface area contributed by atoms with Crippen LogP contribution in [-0.2, 0) is 18.9 Å². The molecule has 1 saturated carbocycles. The lowest BCUT2D eigenvalue weighted by Crippen LogP contribution is -2.52. The second-order valence-electron chi connectivity index (χ2n) is 9.86. The molecule has 0 radical (unpaired) electrons. The second kappa shape index (κ2) is 10.7. The number of rotatable bonds is 8. The first kappa shape index (κ1) is 25.2. The molecule has 1 aliphatic heterocycles. The van der Waals surface area contributed by atoms with Gasteiger partial charge in [0.25, 0.3) is 0 Å². The first-order valence-corrected chi connectivity index (χ1v) is 12.7. The van der Waals surface area contributed by atoms with Crippen molar-refractivity contribution in [2.75, 3.05) is 30.3 Å². The molecule has 1 aliphatic carbocycles. The van der Waals surface area contributed by atoms with Crippen molar-refractivity contribution in [3.05, 3.63) is 23.4 Å². The summed E-state index contributed by atoms with van der Waals surface area (Å²) in [5, 5.41) is 13.4. The van der Waals surface area contributed by atoms with E-state index in [4.69, 9.17) is 9.97 Å². The minimum atomic E-state index is -0.0461. The molecule has 0 aromatic carbocycles. The first-order chi connectivity index (χ1) is 14.9. The van der Waals surface area contributed by atoms with Crippen LogP contribution < -0.4 is 10.2 Å². The van der Waals surface area contributed by atoms with E-state index in [1.54, 1.807) is 0 Å². The molecule has 2 aliphatic rings. The van der Waals surface area contributed by atoms with Crippen LogP contribution in [0.3, 0.4) is 0 Å². The van der Waals surface area contributed by atoms with Crippen LogP contribution in [0.5, 0.6) is 0 Å². The second-order valence-corrected chi connectivity index (χ2v) is 10.9. The molecule has 0 amide bonds. The van der Waals surface area contributed by atoms with Crippen LogP contribution in [0.2, 0.25) is 0 Å². The van der Waals surface area contributed by atoms with Gasteiger partial charge in [0.05, 0.1) is 0 Å². The molecule has 178 valence electrons. The third-order valence-electron chi connectivity index (χ3n) is 6.17. The Kier molecular flexibility index (Phi) is 8.44. The number of hydrogen-bond donors (Lipinski definition) is 1. The van der Waals surface area contributed by atoms with Crippen LogP contribution in [0, 0.1) is 0 Å². The van der Waals surface area contributed by atoms with Crippen LogP contribution in [0.15, 0.2) is 11.2 Å². The van der Waals surface area contributed by atoms with Gasteiger partial charge in [-0.05, 0) is 32.1 Å². The van der Waals surface area contributed by atoms with Gasteiger partial charge in [-0.1, -0.05) is 39.5 Å². The van der Waals surface area contributed by atoms with Gasteiger partial charge in [-0.2, -0.15) is 0 Å². The molecule has 2 aromatic heterocycles. The van der Waals surface area contributed by atoms with E-state index in [1.807, 2.05) is 11.8 Å². The summed E-state index contributed by atoms with van der Waals surface area (Å²) in [6.07, 6.45) is 5.76. The molecule has 0 bridgehead atoms. The maximum Gasteiger partial charge on any atom is 0.190 e. The van der Waals surface area contributed by atoms with Crippen molar-refractivity contribution in [2.24, 2.45) is 7.05 Å². The van der Waals surface area contributed by atoms with E-state index in [0.717, 1.165) is 73.0 Å². The molecule has 1 N–H and O–H groups in total. The Morgan fingerprint density at radius 1 is 1.19 bits per heavy atom. The summed E-state index contributed by atoms with van der Waals surface area (Å²) < 4.78 is 2.19. The highest BCUT2D eigenvalue weighted by atomic mass is 35.5. The van der Waals surface area contributed by atoms with Crippen LogP contribution in [0.25, 0.3) is 0 Å². The smallest absolute Gasteiger partial charge is 0.190 e. The number of aromatic nitrogens is 5. The zero-order valence-corrected chi connectivity index (χ0v) is 21.7. The lowest BCUT2D eigenvalue weighted by atomic mass is 9.95. The first-order valence-electron chi connectivity index (χ1n) is 11.7. The molecular formula is C23H38ClN7S. The SMILES string of the molecule is CCc1cc(N2CCNCC2CCCSc2nnc(C3CC3)n2C)nc(C(C)(C)C)n1.Cl. The van der Waals surface area contributed by atoms with Gasteiger partial charge >= 0.3 is 0 Å². The van der Waals surface area contributed by atoms with E-state index in [0.29, 0.717) is 12.0 Å². The number of thioether (sulfide) groups is 1. The van der Waals surface area contributed by atoms with E-state index >= 15 is 0 Å². The minimum Gasteiger partial charge on any atom is -0.351 e. The summed E-state index contributed by atoms with van der Waals surface area (Å²) in [6.45, 7) is 11.8. The van der Waals surface area contributed by atoms with Gasteiger partial charge in [0, 0.05) is 61.6 Å². The van der Waals surface area contributed by atoms with E-state index in [2.05, 4.69) is 65.8 Å². The molecule has 9 heteroatoms. The molecule has 2 aromatic rings. The van der Waals surface area contributed by atoms with Gasteiger partial charge in [-0.15, -0.1) is 22.6 Å². The predicted molar refractivity (Wildman–Crippen MR) is 134 cm³/mol. The Labute approximate surface area is 203 Å². The minimum absolute atomic E-state index is 0. The van der Waals surface area contributed by atoms with E-state index in [9.17, 15) is 0 Å². The summed E-state index contributed by atoms with van der Waals surface area (Å²) in [5.74, 6) is 4.92. The molecule has 2 fully saturated rings. The molecule has 0 spiro atoms. The van der Waals surface area contributed by atoms with Crippen molar-refractivity contribution < 1.29 is 0 Å². The average Bonchev–Trinajstić information content (AvgIpc) is 3.53. The summed E-state index contributed by atoms with van der Waals surface area (Å²) >= 11 is 1.84. The largest absolute Gasteiger partial charge is 0.351 e. The molecule has 32 heavy (non-hydrogen) atoms. The number of aryl methyl sites for hydroxylation is 1. The van der Waals surface area contributed by atoms with Crippen LogP contribution in [0.1, 0.15) is 76.6 Å². The number of piperazine rings is 1. The van der Waals surface area contributed by atoms with Crippen LogP contribution in [0.4, 0.5) is 5.82 Å². The quantitative estimate of drug-likeness (QED) is 0.451. The highest BCUT2D eigenvalue weighted by Crippen LogP contribution is 2.39. The summed E-state index contributed by atoms with van der Waals surface area (Å²) in [5.41, 5.74) is 1.09.